The zero-order valence-corrected chi connectivity index (χ0v) is 15.8. The summed E-state index contributed by atoms with van der Waals surface area (Å²) in [5.41, 5.74) is 9.37. The molecule has 0 amide bonds. The molecule has 3 nitrogen and oxygen atoms in total. The van der Waals surface area contributed by atoms with Crippen LogP contribution in [0.15, 0.2) is 67.9 Å². The van der Waals surface area contributed by atoms with E-state index in [2.05, 4.69) is 0 Å². The molecular weight excluding hydrogens is 358 g/mol. The number of nitrogen functional groups attached to an aromatic ring is 1. The molecule has 0 atom stereocenters. The number of aryl methyl sites for hydroxylation is 1. The molecular formula is C18H17NO2S3. The summed E-state index contributed by atoms with van der Waals surface area (Å²) >= 11 is 2.90. The summed E-state index contributed by atoms with van der Waals surface area (Å²) in [6.45, 7) is 1.97. The van der Waals surface area contributed by atoms with Crippen LogP contribution in [0.1, 0.15) is 5.56 Å². The molecule has 6 heteroatoms. The quantitative estimate of drug-likeness (QED) is 0.522. The van der Waals surface area contributed by atoms with Gasteiger partial charge in [0.25, 0.3) is 0 Å². The van der Waals surface area contributed by atoms with E-state index in [9.17, 15) is 8.42 Å². The third-order valence-electron chi connectivity index (χ3n) is 3.78. The minimum Gasteiger partial charge on any atom is -0.399 e. The number of anilines is 1. The molecule has 3 aromatic rings. The first-order valence-electron chi connectivity index (χ1n) is 7.26. The highest BCUT2D eigenvalue weighted by Crippen LogP contribution is 2.35. The van der Waals surface area contributed by atoms with E-state index in [0.717, 1.165) is 20.9 Å². The summed E-state index contributed by atoms with van der Waals surface area (Å²) < 4.78 is 26.8. The van der Waals surface area contributed by atoms with Gasteiger partial charge in [-0.05, 0) is 65.6 Å². The molecule has 0 saturated heterocycles. The fourth-order valence-corrected chi connectivity index (χ4v) is 6.33. The van der Waals surface area contributed by atoms with Gasteiger partial charge in [-0.2, -0.15) is 0 Å². The fraction of sp³-hybridized carbons (Fsp3) is 0.111. The molecule has 0 fully saturated rings. The Morgan fingerprint density at radius 2 is 1.88 bits per heavy atom. The van der Waals surface area contributed by atoms with Gasteiger partial charge in [-0.3, -0.25) is 0 Å². The molecule has 0 radical (unpaired) electrons. The fourth-order valence-electron chi connectivity index (χ4n) is 2.60. The lowest BCUT2D eigenvalue weighted by Crippen LogP contribution is -2.02. The van der Waals surface area contributed by atoms with Crippen LogP contribution in [0.25, 0.3) is 11.1 Å². The number of thiophene rings is 1. The molecule has 2 aromatic carbocycles. The van der Waals surface area contributed by atoms with E-state index in [0.29, 0.717) is 15.5 Å². The van der Waals surface area contributed by atoms with Gasteiger partial charge in [0.15, 0.2) is 0 Å². The molecule has 1 aromatic heterocycles. The first kappa shape index (κ1) is 17.1. The van der Waals surface area contributed by atoms with Crippen molar-refractivity contribution in [1.29, 1.82) is 0 Å². The topological polar surface area (TPSA) is 60.2 Å². The van der Waals surface area contributed by atoms with Gasteiger partial charge < -0.3 is 5.73 Å². The van der Waals surface area contributed by atoms with Gasteiger partial charge in [0, 0.05) is 5.69 Å². The van der Waals surface area contributed by atoms with Gasteiger partial charge in [-0.25, -0.2) is 8.42 Å². The lowest BCUT2D eigenvalue weighted by Gasteiger charge is -2.10. The van der Waals surface area contributed by atoms with Crippen molar-refractivity contribution in [2.75, 3.05) is 12.0 Å². The standard InChI is InChI=1S/C18H17NO2S3/c1-12-10-14(19)6-7-16(12)13-4-3-5-15(11-13)24(20,21)17-8-9-23-18(17)22-2/h3-11H,19H2,1-2H3. The van der Waals surface area contributed by atoms with Gasteiger partial charge in [0.05, 0.1) is 14.0 Å². The zero-order chi connectivity index (χ0) is 17.3. The normalized spacial score (nSPS) is 11.6. The summed E-state index contributed by atoms with van der Waals surface area (Å²) in [6.07, 6.45) is 1.89. The second-order valence-electron chi connectivity index (χ2n) is 5.38. The molecule has 2 N–H and O–H groups in total. The predicted molar refractivity (Wildman–Crippen MR) is 103 cm³/mol. The van der Waals surface area contributed by atoms with E-state index in [1.54, 1.807) is 24.3 Å². The number of benzene rings is 2. The third kappa shape index (κ3) is 3.09. The van der Waals surface area contributed by atoms with E-state index >= 15 is 0 Å². The predicted octanol–water partition coefficient (Wildman–Crippen LogP) is 4.86. The van der Waals surface area contributed by atoms with Crippen LogP contribution in [-0.4, -0.2) is 14.7 Å². The van der Waals surface area contributed by atoms with E-state index in [-0.39, 0.29) is 0 Å². The molecule has 0 aliphatic rings. The van der Waals surface area contributed by atoms with Gasteiger partial charge >= 0.3 is 0 Å². The molecule has 0 aliphatic heterocycles. The second-order valence-corrected chi connectivity index (χ2v) is 9.29. The molecule has 0 spiro atoms. The van der Waals surface area contributed by atoms with Crippen LogP contribution in [0.3, 0.4) is 0 Å². The highest BCUT2D eigenvalue weighted by atomic mass is 32.2. The number of sulfone groups is 1. The van der Waals surface area contributed by atoms with Crippen molar-refractivity contribution < 1.29 is 8.42 Å². The van der Waals surface area contributed by atoms with Crippen molar-refractivity contribution in [3.63, 3.8) is 0 Å². The largest absolute Gasteiger partial charge is 0.399 e. The minimum absolute atomic E-state index is 0.310. The minimum atomic E-state index is -3.53. The van der Waals surface area contributed by atoms with Crippen molar-refractivity contribution in [1.82, 2.24) is 0 Å². The van der Waals surface area contributed by atoms with Crippen molar-refractivity contribution in [2.24, 2.45) is 0 Å². The Morgan fingerprint density at radius 3 is 2.58 bits per heavy atom. The Balaban J connectivity index is 2.11. The van der Waals surface area contributed by atoms with Gasteiger partial charge in [0.2, 0.25) is 9.84 Å². The SMILES string of the molecule is CSc1sccc1S(=O)(=O)c1cccc(-c2ccc(N)cc2C)c1. The average molecular weight is 376 g/mol. The molecule has 1 heterocycles. The van der Waals surface area contributed by atoms with Crippen molar-refractivity contribution >= 4 is 38.6 Å². The number of thioether (sulfide) groups is 1. The number of rotatable bonds is 4. The number of nitrogens with two attached hydrogens (primary N) is 1. The molecule has 0 bridgehead atoms. The van der Waals surface area contributed by atoms with E-state index < -0.39 is 9.84 Å². The maximum atomic E-state index is 13.0. The van der Waals surface area contributed by atoms with E-state index in [4.69, 9.17) is 5.73 Å². The van der Waals surface area contributed by atoms with E-state index in [1.807, 2.05) is 42.8 Å². The highest BCUT2D eigenvalue weighted by Gasteiger charge is 2.22. The van der Waals surface area contributed by atoms with Gasteiger partial charge in [-0.1, -0.05) is 18.2 Å². The Hall–Kier alpha value is -1.76. The van der Waals surface area contributed by atoms with Crippen LogP contribution >= 0.6 is 23.1 Å². The Bertz CT molecular complexity index is 991. The van der Waals surface area contributed by atoms with Crippen LogP contribution in [0.2, 0.25) is 0 Å². The monoisotopic (exact) mass is 375 g/mol. The van der Waals surface area contributed by atoms with Crippen LogP contribution in [0.5, 0.6) is 0 Å². The lowest BCUT2D eigenvalue weighted by molar-refractivity contribution is 0.595. The molecule has 0 aliphatic carbocycles. The van der Waals surface area contributed by atoms with Crippen molar-refractivity contribution in [3.05, 3.63) is 59.5 Å². The summed E-state index contributed by atoms with van der Waals surface area (Å²) in [4.78, 5) is 0.691. The first-order chi connectivity index (χ1) is 11.4. The van der Waals surface area contributed by atoms with Crippen LogP contribution in [0, 0.1) is 6.92 Å². The molecule has 24 heavy (non-hydrogen) atoms. The number of hydrogen-bond donors (Lipinski definition) is 1. The second kappa shape index (κ2) is 6.63. The highest BCUT2D eigenvalue weighted by molar-refractivity contribution is 8.01. The molecule has 0 saturated carbocycles. The first-order valence-corrected chi connectivity index (χ1v) is 10.9. The maximum absolute atomic E-state index is 13.0. The Morgan fingerprint density at radius 1 is 1.08 bits per heavy atom. The molecule has 124 valence electrons. The van der Waals surface area contributed by atoms with Crippen LogP contribution < -0.4 is 5.73 Å². The molecule has 3 rings (SSSR count). The number of hydrogen-bond acceptors (Lipinski definition) is 5. The van der Waals surface area contributed by atoms with Crippen molar-refractivity contribution in [3.8, 4) is 11.1 Å². The van der Waals surface area contributed by atoms with Crippen molar-refractivity contribution in [2.45, 2.75) is 20.9 Å². The zero-order valence-electron chi connectivity index (χ0n) is 13.3. The average Bonchev–Trinajstić information content (AvgIpc) is 3.04. The Kier molecular flexibility index (Phi) is 4.71. The third-order valence-corrected chi connectivity index (χ3v) is 7.91. The maximum Gasteiger partial charge on any atom is 0.208 e. The lowest BCUT2D eigenvalue weighted by atomic mass is 10.0. The summed E-state index contributed by atoms with van der Waals surface area (Å²) in [5.74, 6) is 0. The van der Waals surface area contributed by atoms with Crippen LogP contribution in [0.4, 0.5) is 5.69 Å². The molecule has 0 unspecified atom stereocenters. The van der Waals surface area contributed by atoms with Crippen LogP contribution in [-0.2, 0) is 9.84 Å². The summed E-state index contributed by atoms with van der Waals surface area (Å²) in [7, 11) is -3.53. The smallest absolute Gasteiger partial charge is 0.208 e. The van der Waals surface area contributed by atoms with E-state index in [1.165, 1.54) is 23.1 Å². The van der Waals surface area contributed by atoms with Gasteiger partial charge in [0.1, 0.15) is 0 Å². The van der Waals surface area contributed by atoms with Gasteiger partial charge in [-0.15, -0.1) is 23.1 Å². The summed E-state index contributed by atoms with van der Waals surface area (Å²) in [5, 5.41) is 1.81. The Labute approximate surface area is 150 Å². The summed E-state index contributed by atoms with van der Waals surface area (Å²) in [6, 6.07) is 14.4.